The lowest BCUT2D eigenvalue weighted by molar-refractivity contribution is -0.142. The van der Waals surface area contributed by atoms with Crippen LogP contribution in [-0.4, -0.2) is 65.0 Å². The summed E-state index contributed by atoms with van der Waals surface area (Å²) in [6.45, 7) is 0.108. The van der Waals surface area contributed by atoms with E-state index in [1.54, 1.807) is 6.20 Å². The van der Waals surface area contributed by atoms with Crippen LogP contribution in [0.3, 0.4) is 0 Å². The third kappa shape index (κ3) is 8.66. The zero-order valence-electron chi connectivity index (χ0n) is 21.7. The Morgan fingerprint density at radius 3 is 2.15 bits per heavy atom. The maximum absolute atomic E-state index is 13.3. The number of benzene rings is 2. The van der Waals surface area contributed by atoms with Crippen molar-refractivity contribution in [3.63, 3.8) is 0 Å². The molecule has 3 atom stereocenters. The summed E-state index contributed by atoms with van der Waals surface area (Å²) >= 11 is 0. The molecule has 208 valence electrons. The second-order valence-electron chi connectivity index (χ2n) is 9.32. The molecule has 0 saturated heterocycles. The lowest BCUT2D eigenvalue weighted by Crippen LogP contribution is -2.57. The van der Waals surface area contributed by atoms with Crippen molar-refractivity contribution in [1.82, 2.24) is 20.9 Å². The van der Waals surface area contributed by atoms with Crippen LogP contribution >= 0.6 is 0 Å². The first-order valence-corrected chi connectivity index (χ1v) is 12.9. The van der Waals surface area contributed by atoms with Gasteiger partial charge in [-0.15, -0.1) is 0 Å². The molecule has 11 nitrogen and oxygen atoms in total. The standard InChI is InChI=1S/C28H36N6O5/c29-13-7-6-12-22(33-27(37)23(32-25(35)16-30)14-18-8-2-1-3-9-18)26(36)34-24(28(38)39)15-19-17-31-21-11-5-4-10-20(19)21/h1-5,8-11,17,22-24,31H,6-7,12-16,29-30H2,(H,32,35)(H,33,37)(H,34,36)(H,38,39). The summed E-state index contributed by atoms with van der Waals surface area (Å²) in [6, 6.07) is 13.4. The number of unbranched alkanes of at least 4 members (excludes halogenated alkanes) is 1. The third-order valence-corrected chi connectivity index (χ3v) is 6.41. The van der Waals surface area contributed by atoms with Gasteiger partial charge in [0.15, 0.2) is 0 Å². The molecule has 3 aromatic rings. The number of carbonyl (C=O) groups excluding carboxylic acids is 3. The molecule has 9 N–H and O–H groups in total. The molecule has 0 bridgehead atoms. The number of hydrogen-bond donors (Lipinski definition) is 7. The Bertz CT molecular complexity index is 1260. The quantitative estimate of drug-likeness (QED) is 0.138. The molecule has 39 heavy (non-hydrogen) atoms. The van der Waals surface area contributed by atoms with Crippen LogP contribution in [0.1, 0.15) is 30.4 Å². The predicted molar refractivity (Wildman–Crippen MR) is 148 cm³/mol. The van der Waals surface area contributed by atoms with Gasteiger partial charge in [0.25, 0.3) is 0 Å². The van der Waals surface area contributed by atoms with Crippen LogP contribution in [0.15, 0.2) is 60.8 Å². The molecule has 3 unspecified atom stereocenters. The lowest BCUT2D eigenvalue weighted by atomic mass is 10.0. The first kappa shape index (κ1) is 29.3. The number of carboxylic acid groups (broad SMARTS) is 1. The van der Waals surface area contributed by atoms with Crippen molar-refractivity contribution in [2.24, 2.45) is 11.5 Å². The van der Waals surface area contributed by atoms with E-state index in [2.05, 4.69) is 20.9 Å². The van der Waals surface area contributed by atoms with Gasteiger partial charge in [0.2, 0.25) is 17.7 Å². The molecule has 0 fully saturated rings. The molecule has 0 aliphatic carbocycles. The molecule has 1 aromatic heterocycles. The fourth-order valence-electron chi connectivity index (χ4n) is 4.34. The van der Waals surface area contributed by atoms with Crippen LogP contribution in [-0.2, 0) is 32.0 Å². The highest BCUT2D eigenvalue weighted by molar-refractivity contribution is 5.94. The molecule has 11 heteroatoms. The molecule has 1 heterocycles. The van der Waals surface area contributed by atoms with Crippen molar-refractivity contribution in [2.75, 3.05) is 13.1 Å². The van der Waals surface area contributed by atoms with E-state index in [-0.39, 0.29) is 25.8 Å². The Morgan fingerprint density at radius 2 is 1.46 bits per heavy atom. The second-order valence-corrected chi connectivity index (χ2v) is 9.32. The monoisotopic (exact) mass is 536 g/mol. The van der Waals surface area contributed by atoms with Crippen molar-refractivity contribution in [3.8, 4) is 0 Å². The van der Waals surface area contributed by atoms with Crippen molar-refractivity contribution >= 4 is 34.6 Å². The van der Waals surface area contributed by atoms with E-state index in [0.29, 0.717) is 19.4 Å². The normalized spacial score (nSPS) is 13.3. The van der Waals surface area contributed by atoms with Crippen LogP contribution < -0.4 is 27.4 Å². The molecular weight excluding hydrogens is 500 g/mol. The summed E-state index contributed by atoms with van der Waals surface area (Å²) in [7, 11) is 0. The van der Waals surface area contributed by atoms with Gasteiger partial charge >= 0.3 is 5.97 Å². The van der Waals surface area contributed by atoms with Gasteiger partial charge < -0.3 is 37.5 Å². The van der Waals surface area contributed by atoms with E-state index < -0.39 is 41.8 Å². The van der Waals surface area contributed by atoms with Crippen LogP contribution in [0.4, 0.5) is 0 Å². The minimum Gasteiger partial charge on any atom is -0.480 e. The summed E-state index contributed by atoms with van der Waals surface area (Å²) in [5.41, 5.74) is 13.5. The van der Waals surface area contributed by atoms with Gasteiger partial charge in [0.05, 0.1) is 6.54 Å². The second kappa shape index (κ2) is 14.6. The van der Waals surface area contributed by atoms with Crippen LogP contribution in [0, 0.1) is 0 Å². The number of aromatic amines is 1. The van der Waals surface area contributed by atoms with Gasteiger partial charge in [-0.1, -0.05) is 48.5 Å². The Morgan fingerprint density at radius 1 is 0.795 bits per heavy atom. The number of para-hydroxylation sites is 1. The molecule has 0 aliphatic heterocycles. The number of aliphatic carboxylic acids is 1. The minimum absolute atomic E-state index is 0.0533. The van der Waals surface area contributed by atoms with Gasteiger partial charge in [-0.3, -0.25) is 14.4 Å². The number of hydrogen-bond acceptors (Lipinski definition) is 6. The van der Waals surface area contributed by atoms with Gasteiger partial charge in [-0.2, -0.15) is 0 Å². The Hall–Kier alpha value is -4.22. The van der Waals surface area contributed by atoms with Crippen LogP contribution in [0.2, 0.25) is 0 Å². The SMILES string of the molecule is NCCCCC(NC(=O)C(Cc1ccccc1)NC(=O)CN)C(=O)NC(Cc1c[nH]c2ccccc12)C(=O)O. The number of carbonyl (C=O) groups is 4. The summed E-state index contributed by atoms with van der Waals surface area (Å²) in [5, 5.41) is 18.6. The van der Waals surface area contributed by atoms with Gasteiger partial charge in [-0.25, -0.2) is 4.79 Å². The molecule has 3 amide bonds. The Balaban J connectivity index is 1.75. The van der Waals surface area contributed by atoms with Crippen molar-refractivity contribution in [1.29, 1.82) is 0 Å². The summed E-state index contributed by atoms with van der Waals surface area (Å²) in [6.07, 6.45) is 3.37. The maximum Gasteiger partial charge on any atom is 0.326 e. The van der Waals surface area contributed by atoms with E-state index in [0.717, 1.165) is 22.0 Å². The zero-order valence-corrected chi connectivity index (χ0v) is 21.7. The van der Waals surface area contributed by atoms with Crippen LogP contribution in [0.25, 0.3) is 10.9 Å². The maximum atomic E-state index is 13.3. The molecule has 0 radical (unpaired) electrons. The number of aromatic nitrogens is 1. The lowest BCUT2D eigenvalue weighted by Gasteiger charge is -2.24. The van der Waals surface area contributed by atoms with E-state index in [9.17, 15) is 24.3 Å². The molecule has 0 aliphatic rings. The highest BCUT2D eigenvalue weighted by Crippen LogP contribution is 2.19. The molecule has 0 spiro atoms. The highest BCUT2D eigenvalue weighted by Gasteiger charge is 2.30. The Labute approximate surface area is 226 Å². The largest absolute Gasteiger partial charge is 0.480 e. The predicted octanol–water partition coefficient (Wildman–Crippen LogP) is 0.580. The third-order valence-electron chi connectivity index (χ3n) is 6.41. The van der Waals surface area contributed by atoms with Crippen molar-refractivity contribution in [2.45, 2.75) is 50.2 Å². The van der Waals surface area contributed by atoms with Crippen LogP contribution in [0.5, 0.6) is 0 Å². The molecular formula is C28H36N6O5. The summed E-state index contributed by atoms with van der Waals surface area (Å²) in [5.74, 6) is -2.91. The smallest absolute Gasteiger partial charge is 0.326 e. The number of rotatable bonds is 15. The number of H-pyrrole nitrogens is 1. The van der Waals surface area contributed by atoms with Gasteiger partial charge in [-0.05, 0) is 43.0 Å². The number of fused-ring (bicyclic) bond motifs is 1. The minimum atomic E-state index is -1.22. The van der Waals surface area contributed by atoms with Gasteiger partial charge in [0, 0.05) is 29.9 Å². The molecule has 2 aromatic carbocycles. The summed E-state index contributed by atoms with van der Waals surface area (Å²) < 4.78 is 0. The van der Waals surface area contributed by atoms with Crippen molar-refractivity contribution < 1.29 is 24.3 Å². The topological polar surface area (TPSA) is 192 Å². The number of nitrogens with two attached hydrogens (primary N) is 2. The first-order valence-electron chi connectivity index (χ1n) is 12.9. The highest BCUT2D eigenvalue weighted by atomic mass is 16.4. The van der Waals surface area contributed by atoms with E-state index in [4.69, 9.17) is 11.5 Å². The average molecular weight is 537 g/mol. The molecule has 0 saturated carbocycles. The zero-order chi connectivity index (χ0) is 28.2. The number of amides is 3. The van der Waals surface area contributed by atoms with E-state index >= 15 is 0 Å². The fourth-order valence-corrected chi connectivity index (χ4v) is 4.34. The van der Waals surface area contributed by atoms with E-state index in [1.807, 2.05) is 54.6 Å². The summed E-state index contributed by atoms with van der Waals surface area (Å²) in [4.78, 5) is 53.8. The number of nitrogens with one attached hydrogen (secondary N) is 4. The number of carboxylic acids is 1. The van der Waals surface area contributed by atoms with Crippen molar-refractivity contribution in [3.05, 3.63) is 71.9 Å². The van der Waals surface area contributed by atoms with E-state index in [1.165, 1.54) is 0 Å². The Kier molecular flexibility index (Phi) is 11.0. The molecule has 3 rings (SSSR count). The first-order chi connectivity index (χ1) is 18.8. The fraction of sp³-hybridized carbons (Fsp3) is 0.357. The average Bonchev–Trinajstić information content (AvgIpc) is 3.34. The van der Waals surface area contributed by atoms with Gasteiger partial charge in [0.1, 0.15) is 18.1 Å².